The SMILES string of the molecule is COc1ccc(CCCNC(=O)C(C)N(c2ccccc2)S(C)(=O)=O)cc1. The first-order valence-electron chi connectivity index (χ1n) is 8.78. The number of benzene rings is 2. The summed E-state index contributed by atoms with van der Waals surface area (Å²) in [5, 5.41) is 2.83. The summed E-state index contributed by atoms with van der Waals surface area (Å²) in [4.78, 5) is 12.5. The Morgan fingerprint density at radius 1 is 1.11 bits per heavy atom. The molecule has 7 heteroatoms. The molecule has 0 saturated carbocycles. The minimum absolute atomic E-state index is 0.320. The fourth-order valence-electron chi connectivity index (χ4n) is 2.83. The summed E-state index contributed by atoms with van der Waals surface area (Å²) in [7, 11) is -1.96. The number of ether oxygens (including phenoxy) is 1. The van der Waals surface area contributed by atoms with Crippen LogP contribution in [0.4, 0.5) is 5.69 Å². The van der Waals surface area contributed by atoms with Gasteiger partial charge in [-0.25, -0.2) is 8.42 Å². The molecule has 0 heterocycles. The number of para-hydroxylation sites is 1. The van der Waals surface area contributed by atoms with Gasteiger partial charge in [-0.15, -0.1) is 0 Å². The maximum absolute atomic E-state index is 12.5. The van der Waals surface area contributed by atoms with Crippen LogP contribution >= 0.6 is 0 Å². The van der Waals surface area contributed by atoms with E-state index in [1.54, 1.807) is 44.4 Å². The van der Waals surface area contributed by atoms with E-state index in [1.165, 1.54) is 0 Å². The summed E-state index contributed by atoms with van der Waals surface area (Å²) >= 11 is 0. The molecule has 0 spiro atoms. The molecule has 2 aromatic rings. The smallest absolute Gasteiger partial charge is 0.243 e. The topological polar surface area (TPSA) is 75.7 Å². The lowest BCUT2D eigenvalue weighted by molar-refractivity contribution is -0.121. The summed E-state index contributed by atoms with van der Waals surface area (Å²) < 4.78 is 30.6. The van der Waals surface area contributed by atoms with Gasteiger partial charge >= 0.3 is 0 Å². The molecule has 146 valence electrons. The molecule has 0 aromatic heterocycles. The van der Waals surface area contributed by atoms with E-state index in [0.29, 0.717) is 12.2 Å². The molecule has 0 aliphatic carbocycles. The van der Waals surface area contributed by atoms with Crippen molar-refractivity contribution in [2.75, 3.05) is 24.2 Å². The highest BCUT2D eigenvalue weighted by Crippen LogP contribution is 2.20. The van der Waals surface area contributed by atoms with Crippen LogP contribution in [0, 0.1) is 0 Å². The normalized spacial score (nSPS) is 12.3. The van der Waals surface area contributed by atoms with Gasteiger partial charge in [-0.3, -0.25) is 9.10 Å². The summed E-state index contributed by atoms with van der Waals surface area (Å²) in [6, 6.07) is 15.6. The number of carbonyl (C=O) groups excluding carboxylic acids is 1. The minimum Gasteiger partial charge on any atom is -0.497 e. The molecule has 2 aromatic carbocycles. The Hall–Kier alpha value is -2.54. The fourth-order valence-corrected chi connectivity index (χ4v) is 4.00. The predicted molar refractivity (Wildman–Crippen MR) is 108 cm³/mol. The van der Waals surface area contributed by atoms with Gasteiger partial charge in [0.2, 0.25) is 15.9 Å². The van der Waals surface area contributed by atoms with Crippen LogP contribution in [-0.2, 0) is 21.2 Å². The molecule has 1 amide bonds. The number of hydrogen-bond donors (Lipinski definition) is 1. The molecule has 0 saturated heterocycles. The monoisotopic (exact) mass is 390 g/mol. The molecule has 27 heavy (non-hydrogen) atoms. The number of nitrogens with zero attached hydrogens (tertiary/aromatic N) is 1. The second kappa shape index (κ2) is 9.41. The number of anilines is 1. The van der Waals surface area contributed by atoms with E-state index in [-0.39, 0.29) is 5.91 Å². The molecule has 1 unspecified atom stereocenters. The third-order valence-corrected chi connectivity index (χ3v) is 5.44. The lowest BCUT2D eigenvalue weighted by Crippen LogP contribution is -2.48. The number of nitrogens with one attached hydrogen (secondary N) is 1. The van der Waals surface area contributed by atoms with Gasteiger partial charge in [0, 0.05) is 6.54 Å². The maximum Gasteiger partial charge on any atom is 0.243 e. The zero-order valence-electron chi connectivity index (χ0n) is 15.9. The Morgan fingerprint density at radius 3 is 2.30 bits per heavy atom. The molecule has 1 N–H and O–H groups in total. The quantitative estimate of drug-likeness (QED) is 0.668. The van der Waals surface area contributed by atoms with Gasteiger partial charge in [-0.2, -0.15) is 0 Å². The van der Waals surface area contributed by atoms with Crippen molar-refractivity contribution in [3.8, 4) is 5.75 Å². The third-order valence-electron chi connectivity index (χ3n) is 4.20. The van der Waals surface area contributed by atoms with Crippen molar-refractivity contribution < 1.29 is 17.9 Å². The van der Waals surface area contributed by atoms with Gasteiger partial charge in [0.1, 0.15) is 11.8 Å². The number of amides is 1. The van der Waals surface area contributed by atoms with Crippen molar-refractivity contribution in [1.82, 2.24) is 5.32 Å². The van der Waals surface area contributed by atoms with Crippen molar-refractivity contribution in [3.63, 3.8) is 0 Å². The van der Waals surface area contributed by atoms with E-state index < -0.39 is 16.1 Å². The first-order valence-corrected chi connectivity index (χ1v) is 10.6. The number of carbonyl (C=O) groups is 1. The Bertz CT molecular complexity index is 836. The fraction of sp³-hybridized carbons (Fsp3) is 0.350. The van der Waals surface area contributed by atoms with Gasteiger partial charge in [0.15, 0.2) is 0 Å². The second-order valence-electron chi connectivity index (χ2n) is 6.31. The van der Waals surface area contributed by atoms with Crippen LogP contribution in [-0.4, -0.2) is 40.3 Å². The predicted octanol–water partition coefficient (Wildman–Crippen LogP) is 2.60. The largest absolute Gasteiger partial charge is 0.497 e. The van der Waals surface area contributed by atoms with E-state index in [9.17, 15) is 13.2 Å². The Labute approximate surface area is 161 Å². The van der Waals surface area contributed by atoms with Crippen LogP contribution in [0.5, 0.6) is 5.75 Å². The summed E-state index contributed by atoms with van der Waals surface area (Å²) in [6.07, 6.45) is 2.68. The zero-order chi connectivity index (χ0) is 19.9. The molecule has 0 fully saturated rings. The van der Waals surface area contributed by atoms with Gasteiger partial charge in [0.25, 0.3) is 0 Å². The van der Waals surface area contributed by atoms with Crippen molar-refractivity contribution in [2.45, 2.75) is 25.8 Å². The van der Waals surface area contributed by atoms with Gasteiger partial charge < -0.3 is 10.1 Å². The van der Waals surface area contributed by atoms with Crippen LogP contribution in [0.25, 0.3) is 0 Å². The van der Waals surface area contributed by atoms with Crippen LogP contribution in [0.1, 0.15) is 18.9 Å². The number of methoxy groups -OCH3 is 1. The number of hydrogen-bond acceptors (Lipinski definition) is 4. The Balaban J connectivity index is 1.91. The Morgan fingerprint density at radius 2 is 1.74 bits per heavy atom. The van der Waals surface area contributed by atoms with E-state index in [2.05, 4.69) is 5.32 Å². The molecule has 6 nitrogen and oxygen atoms in total. The highest BCUT2D eigenvalue weighted by Gasteiger charge is 2.28. The molecular weight excluding hydrogens is 364 g/mol. The number of rotatable bonds is 9. The lowest BCUT2D eigenvalue weighted by Gasteiger charge is -2.28. The van der Waals surface area contributed by atoms with Crippen molar-refractivity contribution in [3.05, 3.63) is 60.2 Å². The van der Waals surface area contributed by atoms with Crippen LogP contribution in [0.3, 0.4) is 0 Å². The average Bonchev–Trinajstić information content (AvgIpc) is 2.65. The van der Waals surface area contributed by atoms with Crippen LogP contribution < -0.4 is 14.4 Å². The second-order valence-corrected chi connectivity index (χ2v) is 8.17. The van der Waals surface area contributed by atoms with Gasteiger partial charge in [-0.1, -0.05) is 30.3 Å². The molecule has 0 radical (unpaired) electrons. The molecule has 0 bridgehead atoms. The summed E-state index contributed by atoms with van der Waals surface area (Å²) in [5.41, 5.74) is 1.63. The number of aryl methyl sites for hydroxylation is 1. The molecule has 2 rings (SSSR count). The van der Waals surface area contributed by atoms with E-state index in [1.807, 2.05) is 24.3 Å². The first kappa shape index (κ1) is 20.8. The standard InChI is InChI=1S/C20H26N2O4S/c1-16(22(27(3,24)25)18-9-5-4-6-10-18)20(23)21-15-7-8-17-11-13-19(26-2)14-12-17/h4-6,9-14,16H,7-8,15H2,1-3H3,(H,21,23). The maximum atomic E-state index is 12.5. The summed E-state index contributed by atoms with van der Waals surface area (Å²) in [5.74, 6) is 0.488. The average molecular weight is 391 g/mol. The molecular formula is C20H26N2O4S. The highest BCUT2D eigenvalue weighted by molar-refractivity contribution is 7.92. The van der Waals surface area contributed by atoms with E-state index >= 15 is 0 Å². The molecule has 0 aliphatic heterocycles. The van der Waals surface area contributed by atoms with Crippen molar-refractivity contribution in [1.29, 1.82) is 0 Å². The van der Waals surface area contributed by atoms with Crippen LogP contribution in [0.15, 0.2) is 54.6 Å². The lowest BCUT2D eigenvalue weighted by atomic mass is 10.1. The Kier molecular flexibility index (Phi) is 7.24. The third kappa shape index (κ3) is 5.99. The van der Waals surface area contributed by atoms with Crippen molar-refractivity contribution in [2.24, 2.45) is 0 Å². The molecule has 0 aliphatic rings. The zero-order valence-corrected chi connectivity index (χ0v) is 16.7. The van der Waals surface area contributed by atoms with Gasteiger partial charge in [0.05, 0.1) is 19.1 Å². The minimum atomic E-state index is -3.58. The summed E-state index contributed by atoms with van der Waals surface area (Å²) in [6.45, 7) is 2.06. The number of sulfonamides is 1. The van der Waals surface area contributed by atoms with Crippen LogP contribution in [0.2, 0.25) is 0 Å². The molecule has 1 atom stereocenters. The van der Waals surface area contributed by atoms with E-state index in [4.69, 9.17) is 4.74 Å². The van der Waals surface area contributed by atoms with E-state index in [0.717, 1.165) is 34.7 Å². The van der Waals surface area contributed by atoms with Gasteiger partial charge in [-0.05, 0) is 49.6 Å². The first-order chi connectivity index (χ1) is 12.8. The van der Waals surface area contributed by atoms with Crippen molar-refractivity contribution >= 4 is 21.6 Å². The highest BCUT2D eigenvalue weighted by atomic mass is 32.2.